The van der Waals surface area contributed by atoms with E-state index in [-0.39, 0.29) is 5.91 Å². The largest absolute Gasteiger partial charge is 0.333 e. The summed E-state index contributed by atoms with van der Waals surface area (Å²) in [4.78, 5) is 18.7. The number of carbonyl (C=O) groups is 1. The van der Waals surface area contributed by atoms with Crippen LogP contribution in [0.25, 0.3) is 10.6 Å². The van der Waals surface area contributed by atoms with Gasteiger partial charge in [0.1, 0.15) is 5.01 Å². The number of aromatic nitrogens is 4. The zero-order valence-electron chi connectivity index (χ0n) is 16.5. The Morgan fingerprint density at radius 3 is 2.53 bits per heavy atom. The van der Waals surface area contributed by atoms with Crippen molar-refractivity contribution in [2.24, 2.45) is 5.73 Å². The fourth-order valence-corrected chi connectivity index (χ4v) is 3.91. The van der Waals surface area contributed by atoms with Crippen LogP contribution >= 0.6 is 11.3 Å². The van der Waals surface area contributed by atoms with Gasteiger partial charge in [0, 0.05) is 31.8 Å². The Labute approximate surface area is 178 Å². The normalized spacial score (nSPS) is 11.9. The van der Waals surface area contributed by atoms with E-state index in [1.807, 2.05) is 59.3 Å². The molecule has 2 aromatic heterocycles. The minimum Gasteiger partial charge on any atom is -0.333 e. The number of rotatable bonds is 7. The molecule has 0 saturated carbocycles. The van der Waals surface area contributed by atoms with E-state index in [1.165, 1.54) is 21.8 Å². The van der Waals surface area contributed by atoms with Crippen molar-refractivity contribution >= 4 is 22.4 Å². The van der Waals surface area contributed by atoms with Gasteiger partial charge < -0.3 is 10.3 Å². The van der Waals surface area contributed by atoms with Gasteiger partial charge in [-0.15, -0.1) is 10.2 Å². The van der Waals surface area contributed by atoms with E-state index >= 15 is 0 Å². The standard InChI is InChI=1S/C22H22N6OS/c1-27(22-26-25-20(30-22)17-10-6-3-7-11-17)21(29)19(23)12-18-14-28(15-24-18)13-16-8-4-2-5-9-16/h2-11,14-15,19H,12-13,23H2,1H3/t19-/m0/s1. The fourth-order valence-electron chi connectivity index (χ4n) is 3.10. The van der Waals surface area contributed by atoms with Gasteiger partial charge in [-0.3, -0.25) is 9.69 Å². The summed E-state index contributed by atoms with van der Waals surface area (Å²) in [6.45, 7) is 0.726. The molecule has 0 saturated heterocycles. The van der Waals surface area contributed by atoms with E-state index in [1.54, 1.807) is 13.4 Å². The van der Waals surface area contributed by atoms with E-state index < -0.39 is 6.04 Å². The van der Waals surface area contributed by atoms with Gasteiger partial charge in [-0.05, 0) is 5.56 Å². The zero-order chi connectivity index (χ0) is 20.9. The van der Waals surface area contributed by atoms with E-state index in [0.717, 1.165) is 22.8 Å². The second kappa shape index (κ2) is 8.98. The molecule has 1 amide bonds. The predicted molar refractivity (Wildman–Crippen MR) is 118 cm³/mol. The first-order valence-corrected chi connectivity index (χ1v) is 10.4. The second-order valence-electron chi connectivity index (χ2n) is 6.99. The van der Waals surface area contributed by atoms with Crippen LogP contribution in [-0.4, -0.2) is 38.7 Å². The van der Waals surface area contributed by atoms with E-state index in [2.05, 4.69) is 27.3 Å². The number of nitrogens with zero attached hydrogens (tertiary/aromatic N) is 5. The van der Waals surface area contributed by atoms with Gasteiger partial charge in [-0.1, -0.05) is 72.0 Å². The summed E-state index contributed by atoms with van der Waals surface area (Å²) < 4.78 is 1.99. The van der Waals surface area contributed by atoms with Crippen molar-refractivity contribution in [2.75, 3.05) is 11.9 Å². The highest BCUT2D eigenvalue weighted by molar-refractivity contribution is 7.18. The number of anilines is 1. The molecule has 2 N–H and O–H groups in total. The van der Waals surface area contributed by atoms with Crippen LogP contribution in [0, 0.1) is 0 Å². The molecule has 0 aliphatic carbocycles. The molecule has 4 rings (SSSR count). The van der Waals surface area contributed by atoms with E-state index in [4.69, 9.17) is 5.73 Å². The molecule has 2 aromatic carbocycles. The molecular weight excluding hydrogens is 396 g/mol. The Bertz CT molecular complexity index is 1110. The van der Waals surface area contributed by atoms with Crippen molar-refractivity contribution in [1.82, 2.24) is 19.7 Å². The number of carbonyl (C=O) groups excluding carboxylic acids is 1. The number of hydrogen-bond acceptors (Lipinski definition) is 6. The van der Waals surface area contributed by atoms with Crippen LogP contribution < -0.4 is 10.6 Å². The number of likely N-dealkylation sites (N-methyl/N-ethyl adjacent to an activating group) is 1. The molecule has 0 aliphatic heterocycles. The molecule has 8 heteroatoms. The van der Waals surface area contributed by atoms with E-state index in [0.29, 0.717) is 11.6 Å². The first kappa shape index (κ1) is 19.9. The average Bonchev–Trinajstić information content (AvgIpc) is 3.44. The van der Waals surface area contributed by atoms with Crippen molar-refractivity contribution < 1.29 is 4.79 Å². The monoisotopic (exact) mass is 418 g/mol. The van der Waals surface area contributed by atoms with Crippen LogP contribution in [-0.2, 0) is 17.8 Å². The maximum absolute atomic E-state index is 12.8. The highest BCUT2D eigenvalue weighted by Crippen LogP contribution is 2.28. The maximum atomic E-state index is 12.8. The lowest BCUT2D eigenvalue weighted by Crippen LogP contribution is -2.43. The molecular formula is C22H22N6OS. The topological polar surface area (TPSA) is 89.9 Å². The van der Waals surface area contributed by atoms with Crippen molar-refractivity contribution in [3.63, 3.8) is 0 Å². The van der Waals surface area contributed by atoms with Gasteiger partial charge in [-0.25, -0.2) is 4.98 Å². The summed E-state index contributed by atoms with van der Waals surface area (Å²) in [6.07, 6.45) is 4.05. The van der Waals surface area contributed by atoms with Crippen molar-refractivity contribution in [1.29, 1.82) is 0 Å². The summed E-state index contributed by atoms with van der Waals surface area (Å²) >= 11 is 1.36. The lowest BCUT2D eigenvalue weighted by atomic mass is 10.1. The van der Waals surface area contributed by atoms with Crippen LogP contribution in [0.3, 0.4) is 0 Å². The SMILES string of the molecule is CN(C(=O)[C@@H](N)Cc1cn(Cc2ccccc2)cn1)c1nnc(-c2ccccc2)s1. The molecule has 0 spiro atoms. The molecule has 30 heavy (non-hydrogen) atoms. The van der Waals surface area contributed by atoms with Crippen molar-refractivity contribution in [2.45, 2.75) is 19.0 Å². The van der Waals surface area contributed by atoms with Gasteiger partial charge in [0.15, 0.2) is 0 Å². The predicted octanol–water partition coefficient (Wildman–Crippen LogP) is 2.98. The highest BCUT2D eigenvalue weighted by Gasteiger charge is 2.23. The molecule has 0 bridgehead atoms. The van der Waals surface area contributed by atoms with Gasteiger partial charge in [-0.2, -0.15) is 0 Å². The van der Waals surface area contributed by atoms with Crippen LogP contribution in [0.1, 0.15) is 11.3 Å². The molecule has 2 heterocycles. The lowest BCUT2D eigenvalue weighted by Gasteiger charge is -2.17. The minimum atomic E-state index is -0.709. The summed E-state index contributed by atoms with van der Waals surface area (Å²) in [7, 11) is 1.67. The minimum absolute atomic E-state index is 0.219. The average molecular weight is 419 g/mol. The molecule has 0 unspecified atom stereocenters. The van der Waals surface area contributed by atoms with Gasteiger partial charge >= 0.3 is 0 Å². The van der Waals surface area contributed by atoms with Crippen LogP contribution in [0.4, 0.5) is 5.13 Å². The Morgan fingerprint density at radius 2 is 1.80 bits per heavy atom. The summed E-state index contributed by atoms with van der Waals surface area (Å²) in [6, 6.07) is 19.2. The smallest absolute Gasteiger partial charge is 0.245 e. The summed E-state index contributed by atoms with van der Waals surface area (Å²) in [5.74, 6) is -0.219. The Morgan fingerprint density at radius 1 is 1.10 bits per heavy atom. The molecule has 0 aliphatic rings. The number of imidazole rings is 1. The summed E-state index contributed by atoms with van der Waals surface area (Å²) in [5, 5.41) is 9.63. The second-order valence-corrected chi connectivity index (χ2v) is 7.94. The number of amides is 1. The third-order valence-corrected chi connectivity index (χ3v) is 5.74. The maximum Gasteiger partial charge on any atom is 0.245 e. The molecule has 4 aromatic rings. The third kappa shape index (κ3) is 4.61. The summed E-state index contributed by atoms with van der Waals surface area (Å²) in [5.41, 5.74) is 9.12. The van der Waals surface area contributed by atoms with Crippen molar-refractivity contribution in [3.8, 4) is 10.6 Å². The van der Waals surface area contributed by atoms with Gasteiger partial charge in [0.2, 0.25) is 11.0 Å². The van der Waals surface area contributed by atoms with Crippen molar-refractivity contribution in [3.05, 3.63) is 84.4 Å². The highest BCUT2D eigenvalue weighted by atomic mass is 32.1. The zero-order valence-corrected chi connectivity index (χ0v) is 17.4. The Balaban J connectivity index is 1.38. The molecule has 0 radical (unpaired) electrons. The van der Waals surface area contributed by atoms with Crippen LogP contribution in [0.2, 0.25) is 0 Å². The molecule has 152 valence electrons. The number of hydrogen-bond donors (Lipinski definition) is 1. The molecule has 1 atom stereocenters. The lowest BCUT2D eigenvalue weighted by molar-refractivity contribution is -0.119. The van der Waals surface area contributed by atoms with Gasteiger partial charge in [0.05, 0.1) is 18.1 Å². The third-order valence-electron chi connectivity index (χ3n) is 4.69. The Kier molecular flexibility index (Phi) is 5.97. The van der Waals surface area contributed by atoms with E-state index in [9.17, 15) is 4.79 Å². The first-order chi connectivity index (χ1) is 14.6. The quantitative estimate of drug-likeness (QED) is 0.498. The van der Waals surface area contributed by atoms with Crippen LogP contribution in [0.15, 0.2) is 73.2 Å². The number of benzene rings is 2. The molecule has 7 nitrogen and oxygen atoms in total. The Hall–Kier alpha value is -3.36. The number of nitrogens with two attached hydrogens (primary N) is 1. The van der Waals surface area contributed by atoms with Crippen LogP contribution in [0.5, 0.6) is 0 Å². The van der Waals surface area contributed by atoms with Gasteiger partial charge in [0.25, 0.3) is 0 Å². The fraction of sp³-hybridized carbons (Fsp3) is 0.182. The first-order valence-electron chi connectivity index (χ1n) is 9.57. The molecule has 0 fully saturated rings.